The minimum absolute atomic E-state index is 0.0488. The molecule has 1 aromatic heterocycles. The number of hydrogen-bond donors (Lipinski definition) is 0. The van der Waals surface area contributed by atoms with Gasteiger partial charge in [0.1, 0.15) is 0 Å². The maximum Gasteiger partial charge on any atom is 0.261 e. The molecule has 7 nitrogen and oxygen atoms in total. The summed E-state index contributed by atoms with van der Waals surface area (Å²) in [5, 5.41) is 13.1. The molecule has 25 heavy (non-hydrogen) atoms. The summed E-state index contributed by atoms with van der Waals surface area (Å²) < 4.78 is 12.6. The molecule has 0 aliphatic carbocycles. The Kier molecular flexibility index (Phi) is 4.89. The van der Waals surface area contributed by atoms with Crippen LogP contribution in [0.4, 0.5) is 0 Å². The van der Waals surface area contributed by atoms with E-state index >= 15 is 0 Å². The fourth-order valence-corrected chi connectivity index (χ4v) is 3.10. The highest BCUT2D eigenvalue weighted by Crippen LogP contribution is 2.32. The number of rotatable bonds is 5. The van der Waals surface area contributed by atoms with Crippen LogP contribution in [0.2, 0.25) is 0 Å². The van der Waals surface area contributed by atoms with Crippen LogP contribution in [-0.2, 0) is 11.8 Å². The number of benzene rings is 1. The smallest absolute Gasteiger partial charge is 0.261 e. The van der Waals surface area contributed by atoms with E-state index in [2.05, 4.69) is 5.10 Å². The molecule has 0 spiro atoms. The van der Waals surface area contributed by atoms with Gasteiger partial charge in [-0.3, -0.25) is 9.48 Å². The minimum Gasteiger partial charge on any atom is -0.493 e. The molecular weight excluding hydrogens is 320 g/mol. The third-order valence-corrected chi connectivity index (χ3v) is 4.33. The molecule has 2 aromatic rings. The highest BCUT2D eigenvalue weighted by Gasteiger charge is 2.31. The van der Waals surface area contributed by atoms with Gasteiger partial charge in [-0.15, -0.1) is 0 Å². The highest BCUT2D eigenvalue weighted by molar-refractivity contribution is 5.78. The zero-order chi connectivity index (χ0) is 17.8. The van der Waals surface area contributed by atoms with E-state index < -0.39 is 0 Å². The molecular formula is C18H20N4O3. The lowest BCUT2D eigenvalue weighted by Crippen LogP contribution is -2.34. The van der Waals surface area contributed by atoms with Crippen molar-refractivity contribution in [3.05, 3.63) is 41.7 Å². The van der Waals surface area contributed by atoms with E-state index in [0.717, 1.165) is 18.4 Å². The number of nitriles is 1. The summed E-state index contributed by atoms with van der Waals surface area (Å²) in [5.74, 6) is 0.821. The van der Waals surface area contributed by atoms with Crippen LogP contribution in [0, 0.1) is 11.3 Å². The van der Waals surface area contributed by atoms with Gasteiger partial charge >= 0.3 is 0 Å². The van der Waals surface area contributed by atoms with Gasteiger partial charge in [0.2, 0.25) is 0 Å². The molecule has 2 heterocycles. The Morgan fingerprint density at radius 3 is 2.96 bits per heavy atom. The second kappa shape index (κ2) is 7.26. The number of carbonyl (C=O) groups excluding carboxylic acids is 1. The van der Waals surface area contributed by atoms with Crippen LogP contribution in [0.3, 0.4) is 0 Å². The zero-order valence-corrected chi connectivity index (χ0v) is 14.3. The number of amides is 1. The standard InChI is InChI=1S/C18H20N4O3/c1-21-11-14(10-20-21)15-4-3-7-22(15)18(23)12-25-16-6-5-13(9-19)8-17(16)24-2/h5-6,8,10-11,15H,3-4,7,12H2,1-2H3. The molecule has 1 aromatic carbocycles. The van der Waals surface area contributed by atoms with Crippen molar-refractivity contribution in [3.8, 4) is 17.6 Å². The molecule has 7 heteroatoms. The van der Waals surface area contributed by atoms with E-state index in [0.29, 0.717) is 23.6 Å². The van der Waals surface area contributed by atoms with Crippen molar-refractivity contribution in [1.29, 1.82) is 5.26 Å². The van der Waals surface area contributed by atoms with Crippen molar-refractivity contribution in [2.24, 2.45) is 7.05 Å². The lowest BCUT2D eigenvalue weighted by Gasteiger charge is -2.24. The summed E-state index contributed by atoms with van der Waals surface area (Å²) >= 11 is 0. The predicted octanol–water partition coefficient (Wildman–Crippen LogP) is 2.04. The molecule has 1 fully saturated rings. The number of hydrogen-bond acceptors (Lipinski definition) is 5. The minimum atomic E-state index is -0.0715. The van der Waals surface area contributed by atoms with Crippen LogP contribution in [0.15, 0.2) is 30.6 Å². The van der Waals surface area contributed by atoms with Gasteiger partial charge in [0.25, 0.3) is 5.91 Å². The average molecular weight is 340 g/mol. The molecule has 0 bridgehead atoms. The van der Waals surface area contributed by atoms with Gasteiger partial charge in [-0.25, -0.2) is 0 Å². The number of likely N-dealkylation sites (tertiary alicyclic amines) is 1. The number of methoxy groups -OCH3 is 1. The Bertz CT molecular complexity index is 809. The largest absolute Gasteiger partial charge is 0.493 e. The second-order valence-electron chi connectivity index (χ2n) is 5.96. The van der Waals surface area contributed by atoms with Gasteiger partial charge in [0.15, 0.2) is 18.1 Å². The SMILES string of the molecule is COc1cc(C#N)ccc1OCC(=O)N1CCCC1c1cnn(C)c1. The van der Waals surface area contributed by atoms with Crippen molar-refractivity contribution in [2.45, 2.75) is 18.9 Å². The van der Waals surface area contributed by atoms with Gasteiger partial charge in [-0.05, 0) is 25.0 Å². The summed E-state index contributed by atoms with van der Waals surface area (Å²) in [4.78, 5) is 14.5. The Labute approximate surface area is 146 Å². The van der Waals surface area contributed by atoms with Gasteiger partial charge in [-0.1, -0.05) is 0 Å². The van der Waals surface area contributed by atoms with E-state index in [1.807, 2.05) is 24.2 Å². The Morgan fingerprint density at radius 2 is 2.28 bits per heavy atom. The number of aromatic nitrogens is 2. The molecule has 1 aliphatic rings. The summed E-state index contributed by atoms with van der Waals surface area (Å²) in [6.45, 7) is 0.644. The summed E-state index contributed by atoms with van der Waals surface area (Å²) in [6.07, 6.45) is 5.64. The monoisotopic (exact) mass is 340 g/mol. The van der Waals surface area contributed by atoms with E-state index in [1.165, 1.54) is 7.11 Å². The highest BCUT2D eigenvalue weighted by atomic mass is 16.5. The van der Waals surface area contributed by atoms with Crippen LogP contribution in [0.5, 0.6) is 11.5 Å². The lowest BCUT2D eigenvalue weighted by atomic mass is 10.1. The van der Waals surface area contributed by atoms with Crippen LogP contribution in [0.1, 0.15) is 30.0 Å². The third-order valence-electron chi connectivity index (χ3n) is 4.33. The van der Waals surface area contributed by atoms with E-state index in [-0.39, 0.29) is 18.6 Å². The topological polar surface area (TPSA) is 80.4 Å². The van der Waals surface area contributed by atoms with Crippen LogP contribution < -0.4 is 9.47 Å². The van der Waals surface area contributed by atoms with E-state index in [1.54, 1.807) is 29.1 Å². The van der Waals surface area contributed by atoms with Crippen molar-refractivity contribution < 1.29 is 14.3 Å². The molecule has 130 valence electrons. The first-order valence-corrected chi connectivity index (χ1v) is 8.11. The van der Waals surface area contributed by atoms with E-state index in [9.17, 15) is 4.79 Å². The molecule has 1 aliphatic heterocycles. The quantitative estimate of drug-likeness (QED) is 0.832. The van der Waals surface area contributed by atoms with Gasteiger partial charge < -0.3 is 14.4 Å². The summed E-state index contributed by atoms with van der Waals surface area (Å²) in [7, 11) is 3.37. The van der Waals surface area contributed by atoms with Crippen molar-refractivity contribution in [2.75, 3.05) is 20.3 Å². The molecule has 1 atom stereocenters. The van der Waals surface area contributed by atoms with Crippen LogP contribution in [-0.4, -0.2) is 40.8 Å². The van der Waals surface area contributed by atoms with Crippen LogP contribution in [0.25, 0.3) is 0 Å². The van der Waals surface area contributed by atoms with Gasteiger partial charge in [0.05, 0.1) is 31.0 Å². The molecule has 1 unspecified atom stereocenters. The van der Waals surface area contributed by atoms with Gasteiger partial charge in [0, 0.05) is 31.4 Å². The molecule has 1 saturated heterocycles. The number of nitrogens with zero attached hydrogens (tertiary/aromatic N) is 4. The summed E-state index contributed by atoms with van der Waals surface area (Å²) in [6, 6.07) is 6.97. The lowest BCUT2D eigenvalue weighted by molar-refractivity contribution is -0.134. The first kappa shape index (κ1) is 16.8. The maximum absolute atomic E-state index is 12.6. The van der Waals surface area contributed by atoms with Crippen LogP contribution >= 0.6 is 0 Å². The second-order valence-corrected chi connectivity index (χ2v) is 5.96. The zero-order valence-electron chi connectivity index (χ0n) is 14.3. The van der Waals surface area contributed by atoms with Crippen molar-refractivity contribution >= 4 is 5.91 Å². The molecule has 0 radical (unpaired) electrons. The van der Waals surface area contributed by atoms with Crippen molar-refractivity contribution in [1.82, 2.24) is 14.7 Å². The average Bonchev–Trinajstić information content (AvgIpc) is 3.28. The number of ether oxygens (including phenoxy) is 2. The Morgan fingerprint density at radius 1 is 1.44 bits per heavy atom. The first-order valence-electron chi connectivity index (χ1n) is 8.11. The Hall–Kier alpha value is -3.01. The van der Waals surface area contributed by atoms with Crippen molar-refractivity contribution in [3.63, 3.8) is 0 Å². The Balaban J connectivity index is 1.67. The molecule has 3 rings (SSSR count). The first-order chi connectivity index (χ1) is 12.1. The third kappa shape index (κ3) is 3.58. The van der Waals surface area contributed by atoms with Gasteiger partial charge in [-0.2, -0.15) is 10.4 Å². The fraction of sp³-hybridized carbons (Fsp3) is 0.389. The number of carbonyl (C=O) groups is 1. The maximum atomic E-state index is 12.6. The van der Waals surface area contributed by atoms with E-state index in [4.69, 9.17) is 14.7 Å². The molecule has 0 saturated carbocycles. The number of aryl methyl sites for hydroxylation is 1. The molecule has 1 amide bonds. The predicted molar refractivity (Wildman–Crippen MR) is 90.1 cm³/mol. The fourth-order valence-electron chi connectivity index (χ4n) is 3.10. The molecule has 0 N–H and O–H groups in total. The summed E-state index contributed by atoms with van der Waals surface area (Å²) in [5.41, 5.74) is 1.52. The normalized spacial score (nSPS) is 16.5.